The van der Waals surface area contributed by atoms with Crippen molar-refractivity contribution in [2.75, 3.05) is 13.1 Å². The van der Waals surface area contributed by atoms with E-state index in [2.05, 4.69) is 0 Å². The van der Waals surface area contributed by atoms with Gasteiger partial charge in [0.2, 0.25) is 0 Å². The van der Waals surface area contributed by atoms with Gasteiger partial charge in [-0.05, 0) is 39.7 Å². The Morgan fingerprint density at radius 2 is 1.82 bits per heavy atom. The second kappa shape index (κ2) is 5.21. The molecule has 1 saturated heterocycles. The highest BCUT2D eigenvalue weighted by molar-refractivity contribution is 5.78. The summed E-state index contributed by atoms with van der Waals surface area (Å²) in [5.41, 5.74) is 0.308. The molecule has 1 fully saturated rings. The average Bonchev–Trinajstić information content (AvgIpc) is 2.15. The number of carboxylic acid groups (broad SMARTS) is 1. The van der Waals surface area contributed by atoms with Gasteiger partial charge in [0.25, 0.3) is 0 Å². The SMILES string of the molecule is CC(C)(C)OC(=O)N1CCC(=CC(=O)[O-])CC1. The van der Waals surface area contributed by atoms with Crippen LogP contribution in [-0.4, -0.2) is 35.7 Å². The molecule has 0 N–H and O–H groups in total. The van der Waals surface area contributed by atoms with Crippen molar-refractivity contribution in [1.29, 1.82) is 0 Å². The molecule has 0 aromatic carbocycles. The van der Waals surface area contributed by atoms with E-state index in [9.17, 15) is 14.7 Å². The summed E-state index contributed by atoms with van der Waals surface area (Å²) in [5, 5.41) is 10.4. The first-order valence-electron chi connectivity index (χ1n) is 5.66. The number of hydrogen-bond donors (Lipinski definition) is 0. The number of amides is 1. The molecular formula is C12H18NO4-. The van der Waals surface area contributed by atoms with E-state index in [0.717, 1.165) is 11.6 Å². The lowest BCUT2D eigenvalue weighted by Crippen LogP contribution is -2.40. The van der Waals surface area contributed by atoms with Gasteiger partial charge in [-0.15, -0.1) is 0 Å². The second-order valence-corrected chi connectivity index (χ2v) is 5.09. The van der Waals surface area contributed by atoms with Gasteiger partial charge in [-0.25, -0.2) is 4.79 Å². The maximum atomic E-state index is 11.7. The number of ether oxygens (including phenoxy) is 1. The molecule has 0 aromatic rings. The maximum Gasteiger partial charge on any atom is 0.410 e. The van der Waals surface area contributed by atoms with Crippen LogP contribution in [-0.2, 0) is 9.53 Å². The second-order valence-electron chi connectivity index (χ2n) is 5.09. The summed E-state index contributed by atoms with van der Waals surface area (Å²) in [6.45, 7) is 6.44. The topological polar surface area (TPSA) is 69.7 Å². The number of hydrogen-bond acceptors (Lipinski definition) is 4. The largest absolute Gasteiger partial charge is 0.545 e. The van der Waals surface area contributed by atoms with Gasteiger partial charge < -0.3 is 19.5 Å². The van der Waals surface area contributed by atoms with Crippen LogP contribution in [0.2, 0.25) is 0 Å². The number of carbonyl (C=O) groups is 2. The first-order chi connectivity index (χ1) is 7.78. The lowest BCUT2D eigenvalue weighted by molar-refractivity contribution is -0.297. The fourth-order valence-electron chi connectivity index (χ4n) is 1.61. The van der Waals surface area contributed by atoms with Crippen LogP contribution in [0.1, 0.15) is 33.6 Å². The van der Waals surface area contributed by atoms with Crippen molar-refractivity contribution in [3.63, 3.8) is 0 Å². The number of carbonyl (C=O) groups excluding carboxylic acids is 2. The van der Waals surface area contributed by atoms with Crippen molar-refractivity contribution in [2.24, 2.45) is 0 Å². The minimum atomic E-state index is -1.18. The van der Waals surface area contributed by atoms with E-state index in [0.29, 0.717) is 25.9 Å². The molecule has 1 amide bonds. The van der Waals surface area contributed by atoms with E-state index in [1.54, 1.807) is 4.90 Å². The van der Waals surface area contributed by atoms with Crippen LogP contribution >= 0.6 is 0 Å². The normalized spacial score (nSPS) is 16.6. The Balaban J connectivity index is 2.47. The number of carboxylic acids is 1. The highest BCUT2D eigenvalue weighted by Crippen LogP contribution is 2.18. The van der Waals surface area contributed by atoms with Gasteiger partial charge in [0.1, 0.15) is 5.60 Å². The monoisotopic (exact) mass is 240 g/mol. The highest BCUT2D eigenvalue weighted by atomic mass is 16.6. The molecule has 0 bridgehead atoms. The molecule has 5 nitrogen and oxygen atoms in total. The van der Waals surface area contributed by atoms with Crippen molar-refractivity contribution >= 4 is 12.1 Å². The van der Waals surface area contributed by atoms with Gasteiger partial charge in [0.15, 0.2) is 0 Å². The Morgan fingerprint density at radius 3 is 2.24 bits per heavy atom. The summed E-state index contributed by atoms with van der Waals surface area (Å²) < 4.78 is 5.23. The Labute approximate surface area is 101 Å². The minimum Gasteiger partial charge on any atom is -0.545 e. The molecule has 5 heteroatoms. The van der Waals surface area contributed by atoms with Crippen LogP contribution in [0, 0.1) is 0 Å². The number of likely N-dealkylation sites (tertiary alicyclic amines) is 1. The average molecular weight is 240 g/mol. The summed E-state index contributed by atoms with van der Waals surface area (Å²) in [6, 6.07) is 0. The Bertz CT molecular complexity index is 331. The predicted molar refractivity (Wildman–Crippen MR) is 60.1 cm³/mol. The maximum absolute atomic E-state index is 11.7. The zero-order valence-corrected chi connectivity index (χ0v) is 10.5. The van der Waals surface area contributed by atoms with Crippen molar-refractivity contribution in [2.45, 2.75) is 39.2 Å². The van der Waals surface area contributed by atoms with Crippen LogP contribution in [0.15, 0.2) is 11.6 Å². The zero-order valence-electron chi connectivity index (χ0n) is 10.5. The Kier molecular flexibility index (Phi) is 4.15. The third kappa shape index (κ3) is 4.89. The molecule has 0 spiro atoms. The number of piperidine rings is 1. The van der Waals surface area contributed by atoms with Crippen LogP contribution in [0.25, 0.3) is 0 Å². The lowest BCUT2D eigenvalue weighted by atomic mass is 10.0. The van der Waals surface area contributed by atoms with Crippen molar-refractivity contribution in [3.8, 4) is 0 Å². The van der Waals surface area contributed by atoms with Gasteiger partial charge in [-0.2, -0.15) is 0 Å². The molecule has 0 unspecified atom stereocenters. The van der Waals surface area contributed by atoms with Crippen LogP contribution in [0.4, 0.5) is 4.79 Å². The van der Waals surface area contributed by atoms with Crippen LogP contribution < -0.4 is 5.11 Å². The van der Waals surface area contributed by atoms with Gasteiger partial charge in [0.05, 0.1) is 5.97 Å². The minimum absolute atomic E-state index is 0.343. The van der Waals surface area contributed by atoms with Crippen LogP contribution in [0.5, 0.6) is 0 Å². The summed E-state index contributed by atoms with van der Waals surface area (Å²) in [5.74, 6) is -1.18. The van der Waals surface area contributed by atoms with Gasteiger partial charge in [0, 0.05) is 13.1 Å². The van der Waals surface area contributed by atoms with E-state index in [-0.39, 0.29) is 6.09 Å². The molecule has 0 atom stereocenters. The fourth-order valence-corrected chi connectivity index (χ4v) is 1.61. The third-order valence-corrected chi connectivity index (χ3v) is 2.38. The number of rotatable bonds is 1. The fraction of sp³-hybridized carbons (Fsp3) is 0.667. The summed E-state index contributed by atoms with van der Waals surface area (Å²) in [7, 11) is 0. The molecule has 17 heavy (non-hydrogen) atoms. The summed E-state index contributed by atoms with van der Waals surface area (Å²) in [6.07, 6.45) is 1.90. The van der Waals surface area contributed by atoms with Crippen molar-refractivity contribution in [3.05, 3.63) is 11.6 Å². The van der Waals surface area contributed by atoms with Gasteiger partial charge in [-0.3, -0.25) is 0 Å². The smallest absolute Gasteiger partial charge is 0.410 e. The van der Waals surface area contributed by atoms with E-state index in [1.165, 1.54) is 0 Å². The molecule has 0 aliphatic carbocycles. The highest BCUT2D eigenvalue weighted by Gasteiger charge is 2.24. The summed E-state index contributed by atoms with van der Waals surface area (Å²) in [4.78, 5) is 23.7. The molecule has 0 aromatic heterocycles. The van der Waals surface area contributed by atoms with E-state index >= 15 is 0 Å². The first kappa shape index (κ1) is 13.5. The summed E-state index contributed by atoms with van der Waals surface area (Å²) >= 11 is 0. The van der Waals surface area contributed by atoms with Crippen LogP contribution in [0.3, 0.4) is 0 Å². The quantitative estimate of drug-likeness (QED) is 0.632. The lowest BCUT2D eigenvalue weighted by Gasteiger charge is -2.31. The van der Waals surface area contributed by atoms with E-state index in [1.807, 2.05) is 20.8 Å². The molecule has 1 aliphatic rings. The number of nitrogens with zero attached hydrogens (tertiary/aromatic N) is 1. The molecule has 0 radical (unpaired) electrons. The van der Waals surface area contributed by atoms with Gasteiger partial charge in [-0.1, -0.05) is 5.57 Å². The predicted octanol–water partition coefficient (Wildman–Crippen LogP) is 0.694. The van der Waals surface area contributed by atoms with E-state index in [4.69, 9.17) is 4.74 Å². The standard InChI is InChI=1S/C12H19NO4/c1-12(2,3)17-11(16)13-6-4-9(5-7-13)8-10(14)15/h8H,4-7H2,1-3H3,(H,14,15)/p-1. The molecule has 1 rings (SSSR count). The Hall–Kier alpha value is -1.52. The Morgan fingerprint density at radius 1 is 1.29 bits per heavy atom. The molecule has 0 saturated carbocycles. The van der Waals surface area contributed by atoms with E-state index < -0.39 is 11.6 Å². The molecular weight excluding hydrogens is 222 g/mol. The molecule has 1 heterocycles. The first-order valence-corrected chi connectivity index (χ1v) is 5.66. The van der Waals surface area contributed by atoms with Crippen molar-refractivity contribution in [1.82, 2.24) is 4.90 Å². The van der Waals surface area contributed by atoms with Crippen molar-refractivity contribution < 1.29 is 19.4 Å². The molecule has 1 aliphatic heterocycles. The zero-order chi connectivity index (χ0) is 13.1. The number of aliphatic carboxylic acids is 1. The van der Waals surface area contributed by atoms with Gasteiger partial charge >= 0.3 is 6.09 Å². The molecule has 96 valence electrons. The third-order valence-electron chi connectivity index (χ3n) is 2.38.